The molecule has 0 aliphatic heterocycles. The minimum atomic E-state index is -1.01. The van der Waals surface area contributed by atoms with Gasteiger partial charge < -0.3 is 10.0 Å². The number of nitrogens with zero attached hydrogens (tertiary/aromatic N) is 1. The van der Waals surface area contributed by atoms with Crippen LogP contribution in [0.5, 0.6) is 0 Å². The maximum Gasteiger partial charge on any atom is 0.323 e. The Kier molecular flexibility index (Phi) is 5.16. The van der Waals surface area contributed by atoms with E-state index in [0.29, 0.717) is 23.6 Å². The molecule has 98 valence electrons. The molecule has 5 heteroatoms. The van der Waals surface area contributed by atoms with Crippen molar-refractivity contribution in [3.05, 3.63) is 34.3 Å². The number of carbonyl (C=O) groups excluding carboxylic acids is 1. The Balaban J connectivity index is 2.97. The van der Waals surface area contributed by atoms with Gasteiger partial charge in [-0.1, -0.05) is 18.5 Å². The third kappa shape index (κ3) is 3.74. The van der Waals surface area contributed by atoms with Crippen molar-refractivity contribution in [1.82, 2.24) is 4.90 Å². The highest BCUT2D eigenvalue weighted by molar-refractivity contribution is 6.30. The zero-order chi connectivity index (χ0) is 13.7. The molecule has 0 bridgehead atoms. The lowest BCUT2D eigenvalue weighted by molar-refractivity contribution is -0.137. The lowest BCUT2D eigenvalue weighted by Crippen LogP contribution is -2.36. The van der Waals surface area contributed by atoms with Gasteiger partial charge in [0.05, 0.1) is 0 Å². The van der Waals surface area contributed by atoms with Crippen molar-refractivity contribution in [3.8, 4) is 0 Å². The number of halogens is 1. The number of aliphatic carboxylic acids is 1. The molecule has 1 N–H and O–H groups in total. The van der Waals surface area contributed by atoms with Crippen LogP contribution in [-0.2, 0) is 4.79 Å². The van der Waals surface area contributed by atoms with Crippen molar-refractivity contribution >= 4 is 23.5 Å². The Bertz CT molecular complexity index is 460. The van der Waals surface area contributed by atoms with Gasteiger partial charge in [0.2, 0.25) is 0 Å². The summed E-state index contributed by atoms with van der Waals surface area (Å²) in [5.41, 5.74) is 1.24. The van der Waals surface area contributed by atoms with Crippen molar-refractivity contribution in [2.75, 3.05) is 13.1 Å². The summed E-state index contributed by atoms with van der Waals surface area (Å²) in [6, 6.07) is 4.96. The van der Waals surface area contributed by atoms with Gasteiger partial charge in [-0.2, -0.15) is 0 Å². The molecule has 0 aliphatic rings. The van der Waals surface area contributed by atoms with Crippen molar-refractivity contribution in [3.63, 3.8) is 0 Å². The second-order valence-electron chi connectivity index (χ2n) is 4.08. The van der Waals surface area contributed by atoms with E-state index in [0.717, 1.165) is 5.56 Å². The number of hydrogen-bond acceptors (Lipinski definition) is 2. The smallest absolute Gasteiger partial charge is 0.323 e. The summed E-state index contributed by atoms with van der Waals surface area (Å²) in [5, 5.41) is 9.36. The van der Waals surface area contributed by atoms with Gasteiger partial charge in [0.25, 0.3) is 5.91 Å². The molecule has 1 aromatic carbocycles. The highest BCUT2D eigenvalue weighted by atomic mass is 35.5. The van der Waals surface area contributed by atoms with Crippen molar-refractivity contribution in [1.29, 1.82) is 0 Å². The van der Waals surface area contributed by atoms with E-state index in [1.807, 2.05) is 6.92 Å². The first kappa shape index (κ1) is 14.5. The SMILES string of the molecule is CCCN(CC(=O)O)C(=O)c1ccc(Cl)cc1C. The number of hydrogen-bond donors (Lipinski definition) is 1. The van der Waals surface area contributed by atoms with Gasteiger partial charge in [-0.25, -0.2) is 0 Å². The summed E-state index contributed by atoms with van der Waals surface area (Å²) in [6.07, 6.45) is 0.714. The molecule has 1 rings (SSSR count). The van der Waals surface area contributed by atoms with Crippen LogP contribution in [0.15, 0.2) is 18.2 Å². The molecule has 0 heterocycles. The van der Waals surface area contributed by atoms with Crippen molar-refractivity contribution in [2.24, 2.45) is 0 Å². The first-order valence-corrected chi connectivity index (χ1v) is 6.10. The number of aryl methyl sites for hydroxylation is 1. The summed E-state index contributed by atoms with van der Waals surface area (Å²) in [6.45, 7) is 3.82. The summed E-state index contributed by atoms with van der Waals surface area (Å²) in [5.74, 6) is -1.28. The van der Waals surface area contributed by atoms with E-state index in [1.54, 1.807) is 25.1 Å². The molecule has 0 saturated heterocycles. The molecule has 0 radical (unpaired) electrons. The fraction of sp³-hybridized carbons (Fsp3) is 0.385. The Morgan fingerprint density at radius 1 is 1.39 bits per heavy atom. The highest BCUT2D eigenvalue weighted by Gasteiger charge is 2.19. The number of carbonyl (C=O) groups is 2. The summed E-state index contributed by atoms with van der Waals surface area (Å²) >= 11 is 5.83. The average Bonchev–Trinajstić information content (AvgIpc) is 2.27. The molecule has 0 spiro atoms. The molecular weight excluding hydrogens is 254 g/mol. The van der Waals surface area contributed by atoms with E-state index < -0.39 is 5.97 Å². The molecule has 0 atom stereocenters. The van der Waals surface area contributed by atoms with Crippen LogP contribution < -0.4 is 0 Å². The van der Waals surface area contributed by atoms with Gasteiger partial charge in [0, 0.05) is 17.1 Å². The largest absolute Gasteiger partial charge is 0.480 e. The highest BCUT2D eigenvalue weighted by Crippen LogP contribution is 2.17. The zero-order valence-electron chi connectivity index (χ0n) is 10.4. The molecule has 4 nitrogen and oxygen atoms in total. The van der Waals surface area contributed by atoms with Crippen LogP contribution in [0.4, 0.5) is 0 Å². The molecule has 0 fully saturated rings. The third-order valence-electron chi connectivity index (χ3n) is 2.53. The molecule has 1 aromatic rings. The molecule has 0 saturated carbocycles. The fourth-order valence-corrected chi connectivity index (χ4v) is 1.95. The topological polar surface area (TPSA) is 57.6 Å². The van der Waals surface area contributed by atoms with Crippen LogP contribution >= 0.6 is 11.6 Å². The predicted octanol–water partition coefficient (Wildman–Crippen LogP) is 2.59. The molecule has 0 aliphatic carbocycles. The summed E-state index contributed by atoms with van der Waals surface area (Å²) in [7, 11) is 0. The van der Waals surface area contributed by atoms with E-state index >= 15 is 0 Å². The lowest BCUT2D eigenvalue weighted by Gasteiger charge is -2.21. The first-order valence-electron chi connectivity index (χ1n) is 5.73. The Hall–Kier alpha value is -1.55. The Morgan fingerprint density at radius 3 is 2.56 bits per heavy atom. The Labute approximate surface area is 111 Å². The summed E-state index contributed by atoms with van der Waals surface area (Å²) in [4.78, 5) is 24.3. The number of benzene rings is 1. The van der Waals surface area contributed by atoms with Crippen molar-refractivity contribution in [2.45, 2.75) is 20.3 Å². The van der Waals surface area contributed by atoms with Gasteiger partial charge in [-0.15, -0.1) is 0 Å². The van der Waals surface area contributed by atoms with E-state index in [9.17, 15) is 9.59 Å². The van der Waals surface area contributed by atoms with Crippen LogP contribution in [0.1, 0.15) is 29.3 Å². The van der Waals surface area contributed by atoms with Gasteiger partial charge in [-0.05, 0) is 37.1 Å². The minimum absolute atomic E-state index is 0.270. The second-order valence-corrected chi connectivity index (χ2v) is 4.52. The Morgan fingerprint density at radius 2 is 2.06 bits per heavy atom. The van der Waals surface area contributed by atoms with Crippen LogP contribution in [0.2, 0.25) is 5.02 Å². The first-order chi connectivity index (χ1) is 8.45. The number of carboxylic acids is 1. The predicted molar refractivity (Wildman–Crippen MR) is 70.0 cm³/mol. The average molecular weight is 270 g/mol. The van der Waals surface area contributed by atoms with E-state index in [-0.39, 0.29) is 12.5 Å². The van der Waals surface area contributed by atoms with Gasteiger partial charge in [-0.3, -0.25) is 9.59 Å². The monoisotopic (exact) mass is 269 g/mol. The lowest BCUT2D eigenvalue weighted by atomic mass is 10.1. The van der Waals surface area contributed by atoms with Crippen LogP contribution in [0, 0.1) is 6.92 Å². The quantitative estimate of drug-likeness (QED) is 0.894. The number of amides is 1. The molecular formula is C13H16ClNO3. The third-order valence-corrected chi connectivity index (χ3v) is 2.76. The molecule has 18 heavy (non-hydrogen) atoms. The van der Waals surface area contributed by atoms with Crippen LogP contribution in [0.3, 0.4) is 0 Å². The van der Waals surface area contributed by atoms with E-state index in [4.69, 9.17) is 16.7 Å². The van der Waals surface area contributed by atoms with Crippen molar-refractivity contribution < 1.29 is 14.7 Å². The standard InChI is InChI=1S/C13H16ClNO3/c1-3-6-15(8-12(16)17)13(18)11-5-4-10(14)7-9(11)2/h4-5,7H,3,6,8H2,1-2H3,(H,16,17). The van der Waals surface area contributed by atoms with Crippen LogP contribution in [-0.4, -0.2) is 35.0 Å². The number of rotatable bonds is 5. The fourth-order valence-electron chi connectivity index (χ4n) is 1.72. The molecule has 1 amide bonds. The normalized spacial score (nSPS) is 10.2. The number of carboxylic acid groups (broad SMARTS) is 1. The van der Waals surface area contributed by atoms with E-state index in [2.05, 4.69) is 0 Å². The van der Waals surface area contributed by atoms with Gasteiger partial charge >= 0.3 is 5.97 Å². The molecule has 0 unspecified atom stereocenters. The maximum atomic E-state index is 12.2. The maximum absolute atomic E-state index is 12.2. The summed E-state index contributed by atoms with van der Waals surface area (Å²) < 4.78 is 0. The van der Waals surface area contributed by atoms with Gasteiger partial charge in [0.1, 0.15) is 6.54 Å². The second kappa shape index (κ2) is 6.40. The van der Waals surface area contributed by atoms with Gasteiger partial charge in [0.15, 0.2) is 0 Å². The van der Waals surface area contributed by atoms with Crippen LogP contribution in [0.25, 0.3) is 0 Å². The van der Waals surface area contributed by atoms with E-state index in [1.165, 1.54) is 4.90 Å². The minimum Gasteiger partial charge on any atom is -0.480 e. The zero-order valence-corrected chi connectivity index (χ0v) is 11.2. The molecule has 0 aromatic heterocycles.